The number of anilines is 1. The van der Waals surface area contributed by atoms with Crippen LogP contribution in [0.5, 0.6) is 0 Å². The molecule has 0 aliphatic heterocycles. The third kappa shape index (κ3) is 4.24. The van der Waals surface area contributed by atoms with E-state index >= 15 is 0 Å². The van der Waals surface area contributed by atoms with Crippen molar-refractivity contribution < 1.29 is 0 Å². The lowest BCUT2D eigenvalue weighted by molar-refractivity contribution is 0.966. The molecule has 0 fully saturated rings. The Bertz CT molecular complexity index is 464. The van der Waals surface area contributed by atoms with Gasteiger partial charge in [-0.15, -0.1) is 0 Å². The van der Waals surface area contributed by atoms with Gasteiger partial charge in [0.15, 0.2) is 5.16 Å². The van der Waals surface area contributed by atoms with Crippen LogP contribution in [-0.4, -0.2) is 22.3 Å². The number of rotatable bonds is 5. The lowest BCUT2D eigenvalue weighted by Crippen LogP contribution is -2.04. The van der Waals surface area contributed by atoms with Gasteiger partial charge in [0.1, 0.15) is 0 Å². The number of hydrogen-bond acceptors (Lipinski definition) is 4. The Morgan fingerprint density at radius 1 is 1.18 bits per heavy atom. The van der Waals surface area contributed by atoms with E-state index in [4.69, 9.17) is 11.6 Å². The fourth-order valence-electron chi connectivity index (χ4n) is 1.30. The largest absolute Gasteiger partial charge is 0.384 e. The summed E-state index contributed by atoms with van der Waals surface area (Å²) >= 11 is 7.51. The Morgan fingerprint density at radius 3 is 2.76 bits per heavy atom. The Labute approximate surface area is 110 Å². The second kappa shape index (κ2) is 6.47. The van der Waals surface area contributed by atoms with Crippen LogP contribution in [0.1, 0.15) is 0 Å². The molecule has 1 aromatic heterocycles. The van der Waals surface area contributed by atoms with Crippen molar-refractivity contribution in [3.05, 3.63) is 47.7 Å². The zero-order chi connectivity index (χ0) is 11.9. The molecule has 2 rings (SSSR count). The number of halogens is 1. The number of benzene rings is 1. The van der Waals surface area contributed by atoms with Gasteiger partial charge >= 0.3 is 0 Å². The van der Waals surface area contributed by atoms with Gasteiger partial charge in [0, 0.05) is 35.4 Å². The van der Waals surface area contributed by atoms with E-state index in [0.29, 0.717) is 0 Å². The van der Waals surface area contributed by atoms with E-state index in [1.165, 1.54) is 0 Å². The fourth-order valence-corrected chi connectivity index (χ4v) is 2.14. The minimum atomic E-state index is 0.744. The number of aromatic nitrogens is 2. The first kappa shape index (κ1) is 12.2. The maximum Gasteiger partial charge on any atom is 0.187 e. The molecule has 0 saturated heterocycles. The summed E-state index contributed by atoms with van der Waals surface area (Å²) in [5.74, 6) is 0.913. The number of hydrogen-bond donors (Lipinski definition) is 1. The minimum absolute atomic E-state index is 0.744. The zero-order valence-electron chi connectivity index (χ0n) is 9.14. The normalized spacial score (nSPS) is 10.2. The first-order valence-corrected chi connectivity index (χ1v) is 6.60. The van der Waals surface area contributed by atoms with E-state index in [1.807, 2.05) is 30.3 Å². The quantitative estimate of drug-likeness (QED) is 0.511. The van der Waals surface area contributed by atoms with E-state index in [1.54, 1.807) is 24.2 Å². The van der Waals surface area contributed by atoms with Crippen LogP contribution < -0.4 is 5.32 Å². The molecule has 0 aliphatic carbocycles. The van der Waals surface area contributed by atoms with E-state index < -0.39 is 0 Å². The summed E-state index contributed by atoms with van der Waals surface area (Å²) in [7, 11) is 0. The predicted molar refractivity (Wildman–Crippen MR) is 72.7 cm³/mol. The molecule has 0 amide bonds. The van der Waals surface area contributed by atoms with Crippen molar-refractivity contribution in [3.8, 4) is 0 Å². The molecule has 0 radical (unpaired) electrons. The molecule has 1 heterocycles. The summed E-state index contributed by atoms with van der Waals surface area (Å²) in [6.07, 6.45) is 3.50. The van der Waals surface area contributed by atoms with Crippen LogP contribution in [0.25, 0.3) is 0 Å². The zero-order valence-corrected chi connectivity index (χ0v) is 10.7. The van der Waals surface area contributed by atoms with Gasteiger partial charge in [0.05, 0.1) is 0 Å². The van der Waals surface area contributed by atoms with Crippen LogP contribution >= 0.6 is 23.4 Å². The molecular weight excluding hydrogens is 254 g/mol. The van der Waals surface area contributed by atoms with Gasteiger partial charge in [0.2, 0.25) is 0 Å². The summed E-state index contributed by atoms with van der Waals surface area (Å²) < 4.78 is 0. The molecule has 0 spiro atoms. The van der Waals surface area contributed by atoms with Crippen molar-refractivity contribution in [2.75, 3.05) is 17.6 Å². The maximum atomic E-state index is 5.89. The molecule has 0 saturated carbocycles. The Balaban J connectivity index is 1.73. The van der Waals surface area contributed by atoms with Gasteiger partial charge in [-0.2, -0.15) is 0 Å². The molecule has 3 nitrogen and oxygen atoms in total. The molecule has 0 aliphatic rings. The average molecular weight is 266 g/mol. The Kier molecular flexibility index (Phi) is 4.64. The van der Waals surface area contributed by atoms with Gasteiger partial charge in [-0.3, -0.25) is 0 Å². The Morgan fingerprint density at radius 2 is 2.00 bits per heavy atom. The number of nitrogens with zero attached hydrogens (tertiary/aromatic N) is 2. The summed E-state index contributed by atoms with van der Waals surface area (Å²) in [6.45, 7) is 0.850. The van der Waals surface area contributed by atoms with Crippen molar-refractivity contribution in [2.45, 2.75) is 5.16 Å². The molecule has 2 aromatic rings. The van der Waals surface area contributed by atoms with Gasteiger partial charge in [-0.1, -0.05) is 29.4 Å². The SMILES string of the molecule is Clc1cccc(NCCSc2ncccn2)c1. The van der Waals surface area contributed by atoms with Crippen LogP contribution in [0.15, 0.2) is 47.9 Å². The molecule has 5 heteroatoms. The van der Waals surface area contributed by atoms with Crippen LogP contribution in [0.4, 0.5) is 5.69 Å². The molecule has 1 N–H and O–H groups in total. The first-order chi connectivity index (χ1) is 8.34. The Hall–Kier alpha value is -1.26. The minimum Gasteiger partial charge on any atom is -0.384 e. The second-order valence-corrected chi connectivity index (χ2v) is 4.82. The van der Waals surface area contributed by atoms with Crippen molar-refractivity contribution in [1.29, 1.82) is 0 Å². The lowest BCUT2D eigenvalue weighted by Gasteiger charge is -2.05. The highest BCUT2D eigenvalue weighted by atomic mass is 35.5. The molecule has 0 atom stereocenters. The van der Waals surface area contributed by atoms with E-state index in [2.05, 4.69) is 15.3 Å². The third-order valence-corrected chi connectivity index (χ3v) is 3.14. The second-order valence-electron chi connectivity index (χ2n) is 3.32. The number of nitrogens with one attached hydrogen (secondary N) is 1. The maximum absolute atomic E-state index is 5.89. The van der Waals surface area contributed by atoms with Gasteiger partial charge in [-0.05, 0) is 24.3 Å². The van der Waals surface area contributed by atoms with Gasteiger partial charge in [-0.25, -0.2) is 9.97 Å². The molecule has 0 unspecified atom stereocenters. The van der Waals surface area contributed by atoms with Gasteiger partial charge < -0.3 is 5.32 Å². The van der Waals surface area contributed by atoms with Crippen molar-refractivity contribution in [3.63, 3.8) is 0 Å². The third-order valence-electron chi connectivity index (χ3n) is 2.03. The number of thioether (sulfide) groups is 1. The highest BCUT2D eigenvalue weighted by molar-refractivity contribution is 7.99. The van der Waals surface area contributed by atoms with E-state index in [-0.39, 0.29) is 0 Å². The van der Waals surface area contributed by atoms with Crippen LogP contribution in [0.2, 0.25) is 5.02 Å². The van der Waals surface area contributed by atoms with Crippen LogP contribution in [0, 0.1) is 0 Å². The van der Waals surface area contributed by atoms with Crippen molar-refractivity contribution in [1.82, 2.24) is 9.97 Å². The monoisotopic (exact) mass is 265 g/mol. The molecule has 1 aromatic carbocycles. The topological polar surface area (TPSA) is 37.8 Å². The fraction of sp³-hybridized carbons (Fsp3) is 0.167. The summed E-state index contributed by atoms with van der Waals surface area (Å²) in [5, 5.41) is 4.85. The van der Waals surface area contributed by atoms with E-state index in [9.17, 15) is 0 Å². The molecule has 0 bridgehead atoms. The molecular formula is C12H12ClN3S. The highest BCUT2D eigenvalue weighted by Gasteiger charge is 1.96. The highest BCUT2D eigenvalue weighted by Crippen LogP contribution is 2.15. The summed E-state index contributed by atoms with van der Waals surface area (Å²) in [4.78, 5) is 8.28. The lowest BCUT2D eigenvalue weighted by atomic mass is 10.3. The first-order valence-electron chi connectivity index (χ1n) is 5.24. The van der Waals surface area contributed by atoms with Crippen molar-refractivity contribution in [2.24, 2.45) is 0 Å². The predicted octanol–water partition coefficient (Wildman–Crippen LogP) is 3.33. The van der Waals surface area contributed by atoms with Crippen molar-refractivity contribution >= 4 is 29.1 Å². The molecule has 17 heavy (non-hydrogen) atoms. The smallest absolute Gasteiger partial charge is 0.187 e. The van der Waals surface area contributed by atoms with E-state index in [0.717, 1.165) is 28.2 Å². The molecule has 88 valence electrons. The summed E-state index contributed by atoms with van der Waals surface area (Å²) in [5.41, 5.74) is 1.03. The van der Waals surface area contributed by atoms with Gasteiger partial charge in [0.25, 0.3) is 0 Å². The standard InChI is InChI=1S/C12H12ClN3S/c13-10-3-1-4-11(9-10)14-7-8-17-12-15-5-2-6-16-12/h1-6,9,14H,7-8H2. The van der Waals surface area contributed by atoms with Crippen LogP contribution in [0.3, 0.4) is 0 Å². The van der Waals surface area contributed by atoms with Crippen LogP contribution in [-0.2, 0) is 0 Å². The summed E-state index contributed by atoms with van der Waals surface area (Å²) in [6, 6.07) is 9.51. The average Bonchev–Trinajstić information content (AvgIpc) is 2.36.